The molecule has 0 bridgehead atoms. The van der Waals surface area contributed by atoms with Crippen molar-refractivity contribution in [2.24, 2.45) is 11.8 Å². The fraction of sp³-hybridized carbons (Fsp3) is 0.793. The van der Waals surface area contributed by atoms with E-state index in [0.29, 0.717) is 57.6 Å². The predicted molar refractivity (Wildman–Crippen MR) is 151 cm³/mol. The summed E-state index contributed by atoms with van der Waals surface area (Å²) in [5.41, 5.74) is 1.82. The number of likely N-dealkylation sites (N-methyl/N-ethyl adjacent to an activating group) is 1. The van der Waals surface area contributed by atoms with Gasteiger partial charge < -0.3 is 34.5 Å². The highest BCUT2D eigenvalue weighted by Gasteiger charge is 2.18. The summed E-state index contributed by atoms with van der Waals surface area (Å²) in [6.45, 7) is 22.1. The van der Waals surface area contributed by atoms with E-state index in [2.05, 4.69) is 44.6 Å². The van der Waals surface area contributed by atoms with Crippen LogP contribution in [0, 0.1) is 11.8 Å². The molecular weight excluding hydrogens is 470 g/mol. The summed E-state index contributed by atoms with van der Waals surface area (Å²) < 4.78 is 17.0. The molecule has 0 aliphatic rings. The summed E-state index contributed by atoms with van der Waals surface area (Å²) in [5.74, 6) is 1.24. The van der Waals surface area contributed by atoms with Crippen LogP contribution >= 0.6 is 0 Å². The summed E-state index contributed by atoms with van der Waals surface area (Å²) in [4.78, 5) is 24.5. The largest absolute Gasteiger partial charge is 0.388 e. The van der Waals surface area contributed by atoms with Gasteiger partial charge in [-0.25, -0.2) is 0 Å². The van der Waals surface area contributed by atoms with Crippen LogP contribution in [0.1, 0.15) is 72.6 Å². The van der Waals surface area contributed by atoms with E-state index < -0.39 is 0 Å². The Kier molecular flexibility index (Phi) is 22.0. The molecule has 8 nitrogen and oxygen atoms in total. The average molecular weight is 526 g/mol. The highest BCUT2D eigenvalue weighted by molar-refractivity contribution is 5.81. The maximum atomic E-state index is 12.2. The molecule has 2 atom stereocenters. The van der Waals surface area contributed by atoms with Crippen LogP contribution < -0.4 is 10.6 Å². The van der Waals surface area contributed by atoms with Gasteiger partial charge in [-0.2, -0.15) is 0 Å². The zero-order chi connectivity index (χ0) is 27.9. The minimum absolute atomic E-state index is 0.0740. The SMILES string of the molecule is C=C(CCOCCCOCCCCCOCCNC(=O)[C@H](C)N(C)C(=C)CCC=O)NCC(C)C(C)C. The second-order valence-electron chi connectivity index (χ2n) is 10.1. The first-order chi connectivity index (χ1) is 17.7. The summed E-state index contributed by atoms with van der Waals surface area (Å²) in [5, 5.41) is 6.28. The van der Waals surface area contributed by atoms with Gasteiger partial charge in [0.1, 0.15) is 12.3 Å². The number of nitrogens with zero attached hydrogens (tertiary/aromatic N) is 1. The van der Waals surface area contributed by atoms with Crippen LogP contribution in [0.15, 0.2) is 24.6 Å². The smallest absolute Gasteiger partial charge is 0.242 e. The van der Waals surface area contributed by atoms with Crippen molar-refractivity contribution in [2.45, 2.75) is 78.7 Å². The summed E-state index contributed by atoms with van der Waals surface area (Å²) in [6.07, 6.45) is 6.63. The molecule has 0 spiro atoms. The number of ether oxygens (including phenoxy) is 3. The van der Waals surface area contributed by atoms with Crippen LogP contribution in [0.2, 0.25) is 0 Å². The van der Waals surface area contributed by atoms with Crippen molar-refractivity contribution in [3.05, 3.63) is 24.6 Å². The lowest BCUT2D eigenvalue weighted by molar-refractivity contribution is -0.125. The zero-order valence-corrected chi connectivity index (χ0v) is 24.3. The van der Waals surface area contributed by atoms with E-state index in [4.69, 9.17) is 14.2 Å². The molecule has 1 amide bonds. The normalized spacial score (nSPS) is 12.7. The topological polar surface area (TPSA) is 89.1 Å². The summed E-state index contributed by atoms with van der Waals surface area (Å²) in [7, 11) is 1.82. The van der Waals surface area contributed by atoms with Gasteiger partial charge in [-0.05, 0) is 50.9 Å². The fourth-order valence-corrected chi connectivity index (χ4v) is 3.22. The standard InChI is InChI=1S/C29H55N3O5/c1-24(2)25(3)23-31-26(4)14-21-36-20-12-19-35-17-9-8-10-18-37-22-15-30-29(34)28(6)32(7)27(5)13-11-16-33/h16,24-25,28,31H,4-5,8-15,17-23H2,1-3,6-7H3,(H,30,34)/t25?,28-/m0/s1. The third kappa shape index (κ3) is 19.8. The molecule has 0 aromatic carbocycles. The second-order valence-corrected chi connectivity index (χ2v) is 10.1. The van der Waals surface area contributed by atoms with E-state index >= 15 is 0 Å². The number of rotatable bonds is 26. The molecule has 0 radical (unpaired) electrons. The molecule has 0 aliphatic carbocycles. The van der Waals surface area contributed by atoms with E-state index in [9.17, 15) is 9.59 Å². The van der Waals surface area contributed by atoms with E-state index in [0.717, 1.165) is 69.5 Å². The van der Waals surface area contributed by atoms with E-state index in [1.807, 2.05) is 14.0 Å². The van der Waals surface area contributed by atoms with Crippen molar-refractivity contribution in [3.63, 3.8) is 0 Å². The van der Waals surface area contributed by atoms with Crippen molar-refractivity contribution in [1.29, 1.82) is 0 Å². The highest BCUT2D eigenvalue weighted by atomic mass is 16.5. The zero-order valence-electron chi connectivity index (χ0n) is 24.3. The van der Waals surface area contributed by atoms with Crippen LogP contribution in [-0.4, -0.2) is 82.9 Å². The van der Waals surface area contributed by atoms with Crippen molar-refractivity contribution >= 4 is 12.2 Å². The lowest BCUT2D eigenvalue weighted by Crippen LogP contribution is -2.43. The maximum absolute atomic E-state index is 12.2. The van der Waals surface area contributed by atoms with Gasteiger partial charge in [-0.15, -0.1) is 0 Å². The summed E-state index contributed by atoms with van der Waals surface area (Å²) in [6, 6.07) is -0.337. The Hall–Kier alpha value is -1.90. The number of aldehydes is 1. The van der Waals surface area contributed by atoms with Crippen LogP contribution in [-0.2, 0) is 23.8 Å². The van der Waals surface area contributed by atoms with Crippen LogP contribution in [0.25, 0.3) is 0 Å². The monoisotopic (exact) mass is 525 g/mol. The number of allylic oxidation sites excluding steroid dienone is 1. The van der Waals surface area contributed by atoms with Crippen LogP contribution in [0.4, 0.5) is 0 Å². The van der Waals surface area contributed by atoms with Gasteiger partial charge in [-0.3, -0.25) is 4.79 Å². The van der Waals surface area contributed by atoms with Gasteiger partial charge in [-0.1, -0.05) is 33.9 Å². The minimum atomic E-state index is -0.337. The van der Waals surface area contributed by atoms with Gasteiger partial charge in [0.05, 0.1) is 13.2 Å². The lowest BCUT2D eigenvalue weighted by Gasteiger charge is -2.27. The Morgan fingerprint density at radius 1 is 0.838 bits per heavy atom. The molecule has 0 aliphatic heterocycles. The first kappa shape index (κ1) is 35.1. The molecule has 0 heterocycles. The van der Waals surface area contributed by atoms with Gasteiger partial charge in [0.25, 0.3) is 0 Å². The molecule has 0 aromatic rings. The molecule has 37 heavy (non-hydrogen) atoms. The Bertz CT molecular complexity index is 627. The molecule has 2 N–H and O–H groups in total. The molecule has 0 saturated heterocycles. The third-order valence-electron chi connectivity index (χ3n) is 6.57. The number of amides is 1. The van der Waals surface area contributed by atoms with Gasteiger partial charge in [0, 0.05) is 70.8 Å². The van der Waals surface area contributed by atoms with Gasteiger partial charge in [0.15, 0.2) is 0 Å². The van der Waals surface area contributed by atoms with E-state index in [1.54, 1.807) is 4.90 Å². The number of carbonyl (C=O) groups excluding carboxylic acids is 2. The Morgan fingerprint density at radius 2 is 1.43 bits per heavy atom. The van der Waals surface area contributed by atoms with E-state index in [1.165, 1.54) is 0 Å². The molecule has 0 saturated carbocycles. The molecular formula is C29H55N3O5. The second kappa shape index (κ2) is 23.2. The number of unbranched alkanes of at least 4 members (excludes halogenated alkanes) is 2. The van der Waals surface area contributed by atoms with Crippen molar-refractivity contribution in [1.82, 2.24) is 15.5 Å². The molecule has 0 rings (SSSR count). The lowest BCUT2D eigenvalue weighted by atomic mass is 9.98. The number of hydrogen-bond acceptors (Lipinski definition) is 7. The number of hydrogen-bond donors (Lipinski definition) is 2. The first-order valence-electron chi connectivity index (χ1n) is 14.0. The summed E-state index contributed by atoms with van der Waals surface area (Å²) >= 11 is 0. The van der Waals surface area contributed by atoms with Crippen LogP contribution in [0.3, 0.4) is 0 Å². The first-order valence-corrected chi connectivity index (χ1v) is 14.0. The molecule has 216 valence electrons. The quantitative estimate of drug-likeness (QED) is 0.128. The molecule has 8 heteroatoms. The van der Waals surface area contributed by atoms with Crippen molar-refractivity contribution in [3.8, 4) is 0 Å². The molecule has 0 aromatic heterocycles. The molecule has 1 unspecified atom stereocenters. The minimum Gasteiger partial charge on any atom is -0.388 e. The third-order valence-corrected chi connectivity index (χ3v) is 6.57. The van der Waals surface area contributed by atoms with Crippen molar-refractivity contribution < 1.29 is 23.8 Å². The predicted octanol–water partition coefficient (Wildman–Crippen LogP) is 4.31. The van der Waals surface area contributed by atoms with E-state index in [-0.39, 0.29) is 11.9 Å². The molecule has 0 fully saturated rings. The Balaban J connectivity index is 3.46. The van der Waals surface area contributed by atoms with Gasteiger partial charge >= 0.3 is 0 Å². The maximum Gasteiger partial charge on any atom is 0.242 e. The number of nitrogens with one attached hydrogen (secondary N) is 2. The van der Waals surface area contributed by atoms with Crippen LogP contribution in [0.5, 0.6) is 0 Å². The Labute approximate surface area is 226 Å². The van der Waals surface area contributed by atoms with Gasteiger partial charge in [0.2, 0.25) is 5.91 Å². The highest BCUT2D eigenvalue weighted by Crippen LogP contribution is 2.10. The fourth-order valence-electron chi connectivity index (χ4n) is 3.22. The Morgan fingerprint density at radius 3 is 2.05 bits per heavy atom. The number of carbonyl (C=O) groups is 2. The average Bonchev–Trinajstić information content (AvgIpc) is 2.88. The van der Waals surface area contributed by atoms with Crippen molar-refractivity contribution in [2.75, 3.05) is 59.8 Å².